The minimum Gasteiger partial charge on any atom is -0.481 e. The van der Waals surface area contributed by atoms with Crippen LogP contribution in [0.15, 0.2) is 0 Å². The van der Waals surface area contributed by atoms with Crippen LogP contribution >= 0.6 is 0 Å². The average molecular weight is 468 g/mol. The predicted molar refractivity (Wildman–Crippen MR) is 101 cm³/mol. The molecule has 0 aromatic rings. The summed E-state index contributed by atoms with van der Waals surface area (Å²) in [6, 6.07) is 0. The van der Waals surface area contributed by atoms with Crippen LogP contribution in [0.2, 0.25) is 0 Å². The molecule has 1 aliphatic rings. The van der Waals surface area contributed by atoms with Gasteiger partial charge in [-0.1, -0.05) is 0 Å². The molecule has 1 heterocycles. The van der Waals surface area contributed by atoms with Crippen molar-refractivity contribution in [2.45, 2.75) is 51.7 Å². The number of aliphatic carboxylic acids is 1. The molecule has 0 radical (unpaired) electrons. The second-order valence-corrected chi connectivity index (χ2v) is 5.83. The molecule has 0 amide bonds. The number of aliphatic hydroxyl groups excluding tert-OH is 3. The highest BCUT2D eigenvalue weighted by Crippen LogP contribution is 2.04. The Balaban J connectivity index is 0. The highest BCUT2D eigenvalue weighted by atomic mass is 16.6. The Morgan fingerprint density at radius 3 is 1.72 bits per heavy atom. The molecule has 0 aromatic heterocycles. The van der Waals surface area contributed by atoms with Crippen LogP contribution in [-0.4, -0.2) is 94.9 Å². The van der Waals surface area contributed by atoms with Crippen LogP contribution in [0.4, 0.5) is 0 Å². The molecule has 1 saturated heterocycles. The minimum atomic E-state index is -1.12. The van der Waals surface area contributed by atoms with Gasteiger partial charge in [0.1, 0.15) is 19.3 Å². The van der Waals surface area contributed by atoms with Crippen LogP contribution in [-0.2, 0) is 47.7 Å². The zero-order valence-electron chi connectivity index (χ0n) is 17.7. The summed E-state index contributed by atoms with van der Waals surface area (Å²) in [7, 11) is 0. The Morgan fingerprint density at radius 2 is 1.38 bits per heavy atom. The van der Waals surface area contributed by atoms with E-state index in [-0.39, 0.29) is 52.1 Å². The molecular formula is C18H28O14. The normalized spacial score (nSPS) is 13.8. The van der Waals surface area contributed by atoms with Crippen LogP contribution in [0, 0.1) is 0 Å². The van der Waals surface area contributed by atoms with E-state index in [4.69, 9.17) is 20.4 Å². The van der Waals surface area contributed by atoms with Crippen molar-refractivity contribution in [3.63, 3.8) is 0 Å². The van der Waals surface area contributed by atoms with Gasteiger partial charge < -0.3 is 39.4 Å². The minimum absolute atomic E-state index is 0.0519. The van der Waals surface area contributed by atoms with Crippen molar-refractivity contribution in [1.29, 1.82) is 0 Å². The van der Waals surface area contributed by atoms with Crippen molar-refractivity contribution in [3.8, 4) is 0 Å². The van der Waals surface area contributed by atoms with Crippen molar-refractivity contribution >= 4 is 35.8 Å². The monoisotopic (exact) mass is 468 g/mol. The molecule has 0 aromatic carbocycles. The van der Waals surface area contributed by atoms with Gasteiger partial charge in [0.2, 0.25) is 0 Å². The summed E-state index contributed by atoms with van der Waals surface area (Å²) in [5, 5.41) is 33.3. The van der Waals surface area contributed by atoms with Crippen molar-refractivity contribution in [2.24, 2.45) is 0 Å². The summed E-state index contributed by atoms with van der Waals surface area (Å²) < 4.78 is 17.5. The van der Waals surface area contributed by atoms with E-state index in [2.05, 4.69) is 18.9 Å². The van der Waals surface area contributed by atoms with Gasteiger partial charge in [0.05, 0.1) is 38.9 Å². The molecule has 1 fully saturated rings. The smallest absolute Gasteiger partial charge is 0.347 e. The number of carboxylic acid groups (broad SMARTS) is 1. The van der Waals surface area contributed by atoms with Gasteiger partial charge in [0.15, 0.2) is 6.10 Å². The lowest BCUT2D eigenvalue weighted by molar-refractivity contribution is -0.167. The van der Waals surface area contributed by atoms with Gasteiger partial charge in [-0.05, 0) is 13.8 Å². The van der Waals surface area contributed by atoms with Crippen molar-refractivity contribution in [1.82, 2.24) is 0 Å². The van der Waals surface area contributed by atoms with Crippen molar-refractivity contribution < 1.29 is 68.1 Å². The van der Waals surface area contributed by atoms with Gasteiger partial charge in [-0.15, -0.1) is 0 Å². The summed E-state index contributed by atoms with van der Waals surface area (Å²) in [6.07, 6.45) is -2.33. The summed E-state index contributed by atoms with van der Waals surface area (Å²) in [5.41, 5.74) is 0. The molecule has 14 heteroatoms. The molecule has 184 valence electrons. The zero-order chi connectivity index (χ0) is 25.1. The molecule has 1 rings (SSSR count). The molecule has 2 unspecified atom stereocenters. The second-order valence-electron chi connectivity index (χ2n) is 5.83. The van der Waals surface area contributed by atoms with E-state index in [1.807, 2.05) is 0 Å². The number of hydrogen-bond acceptors (Lipinski definition) is 13. The van der Waals surface area contributed by atoms with E-state index in [1.165, 1.54) is 13.8 Å². The molecule has 1 aliphatic heterocycles. The third-order valence-electron chi connectivity index (χ3n) is 2.96. The SMILES string of the molecule is CC(O)C(=O)OCCO.CC(OC(=O)CCC(=O)O)C(=O)OCCO.O=C1CCC(=O)O1. The Kier molecular flexibility index (Phi) is 18.1. The van der Waals surface area contributed by atoms with E-state index in [9.17, 15) is 28.8 Å². The van der Waals surface area contributed by atoms with E-state index >= 15 is 0 Å². The molecule has 0 aliphatic carbocycles. The summed E-state index contributed by atoms with van der Waals surface area (Å²) in [4.78, 5) is 62.5. The zero-order valence-corrected chi connectivity index (χ0v) is 17.7. The average Bonchev–Trinajstić information content (AvgIpc) is 3.11. The fraction of sp³-hybridized carbons (Fsp3) is 0.667. The number of esters is 5. The van der Waals surface area contributed by atoms with Crippen molar-refractivity contribution in [2.75, 3.05) is 26.4 Å². The van der Waals surface area contributed by atoms with Crippen LogP contribution in [0.25, 0.3) is 0 Å². The van der Waals surface area contributed by atoms with Gasteiger partial charge in [0, 0.05) is 0 Å². The Hall–Kier alpha value is -3.10. The number of carboxylic acids is 1. The topological polar surface area (TPSA) is 220 Å². The molecule has 14 nitrogen and oxygen atoms in total. The van der Waals surface area contributed by atoms with Crippen LogP contribution in [0.5, 0.6) is 0 Å². The van der Waals surface area contributed by atoms with Crippen molar-refractivity contribution in [3.05, 3.63) is 0 Å². The number of hydrogen-bond donors (Lipinski definition) is 4. The maximum atomic E-state index is 11.0. The lowest BCUT2D eigenvalue weighted by Gasteiger charge is -2.11. The molecule has 4 N–H and O–H groups in total. The van der Waals surface area contributed by atoms with Gasteiger partial charge in [-0.25, -0.2) is 9.59 Å². The first-order chi connectivity index (χ1) is 14.9. The molecule has 0 saturated carbocycles. The number of aliphatic hydroxyl groups is 3. The first-order valence-corrected chi connectivity index (χ1v) is 9.32. The summed E-state index contributed by atoms with van der Waals surface area (Å²) >= 11 is 0. The van der Waals surface area contributed by atoms with E-state index in [0.29, 0.717) is 0 Å². The van der Waals surface area contributed by atoms with Gasteiger partial charge in [-0.2, -0.15) is 0 Å². The van der Waals surface area contributed by atoms with E-state index in [1.54, 1.807) is 0 Å². The number of carbonyl (C=O) groups is 6. The molecule has 2 atom stereocenters. The standard InChI is InChI=1S/C9H14O7.C5H10O4.C4H4O3/c1-6(9(14)15-5-4-10)16-8(13)3-2-7(11)12;1-4(7)5(8)9-3-2-6;5-3-1-2-4(6)7-3/h6,10H,2-5H2,1H3,(H,11,12);4,6-7H,2-3H2,1H3;1-2H2. The van der Waals surface area contributed by atoms with Gasteiger partial charge in [0.25, 0.3) is 0 Å². The third-order valence-corrected chi connectivity index (χ3v) is 2.96. The Bertz CT molecular complexity index is 613. The number of ether oxygens (including phenoxy) is 4. The number of rotatable bonds is 10. The maximum absolute atomic E-state index is 11.0. The van der Waals surface area contributed by atoms with E-state index in [0.717, 1.165) is 0 Å². The summed E-state index contributed by atoms with van der Waals surface area (Å²) in [5.74, 6) is -4.18. The fourth-order valence-corrected chi connectivity index (χ4v) is 1.48. The van der Waals surface area contributed by atoms with Gasteiger partial charge in [-0.3, -0.25) is 19.2 Å². The highest BCUT2D eigenvalue weighted by Gasteiger charge is 2.20. The predicted octanol–water partition coefficient (Wildman–Crippen LogP) is -1.93. The van der Waals surface area contributed by atoms with E-state index < -0.39 is 48.0 Å². The fourth-order valence-electron chi connectivity index (χ4n) is 1.48. The molecule has 32 heavy (non-hydrogen) atoms. The van der Waals surface area contributed by atoms with Crippen LogP contribution < -0.4 is 0 Å². The Morgan fingerprint density at radius 1 is 0.906 bits per heavy atom. The molecule has 0 bridgehead atoms. The van der Waals surface area contributed by atoms with Crippen LogP contribution in [0.1, 0.15) is 39.5 Å². The number of cyclic esters (lactones) is 2. The third kappa shape index (κ3) is 18.9. The lowest BCUT2D eigenvalue weighted by Crippen LogP contribution is -2.27. The maximum Gasteiger partial charge on any atom is 0.347 e. The first-order valence-electron chi connectivity index (χ1n) is 9.32. The first kappa shape index (κ1) is 31.1. The quantitative estimate of drug-likeness (QED) is 0.156. The molecular weight excluding hydrogens is 440 g/mol. The Labute approximate surface area is 183 Å². The second kappa shape index (κ2) is 18.7. The summed E-state index contributed by atoms with van der Waals surface area (Å²) in [6.45, 7) is 1.86. The highest BCUT2D eigenvalue weighted by molar-refractivity contribution is 5.92. The van der Waals surface area contributed by atoms with Gasteiger partial charge >= 0.3 is 35.8 Å². The van der Waals surface area contributed by atoms with Crippen LogP contribution in [0.3, 0.4) is 0 Å². The molecule has 0 spiro atoms. The lowest BCUT2D eigenvalue weighted by atomic mass is 10.3. The largest absolute Gasteiger partial charge is 0.481 e. The number of carbonyl (C=O) groups excluding carboxylic acids is 5.